The summed E-state index contributed by atoms with van der Waals surface area (Å²) in [5.41, 5.74) is 0.141. The molecule has 1 unspecified atom stereocenters. The van der Waals surface area contributed by atoms with E-state index >= 15 is 0 Å². The molecular weight excluding hydrogens is 284 g/mol. The average molecular weight is 308 g/mol. The standard InChI is InChI=1S/C15H24N4O3/c1-12-16-17-14(22-12)19-7-3-5-15(11-19)6-4-13(20)18(10-15)8-9-21-2/h3-11H2,1-2H3. The molecule has 0 radical (unpaired) electrons. The van der Waals surface area contributed by atoms with Crippen LogP contribution < -0.4 is 4.90 Å². The minimum absolute atomic E-state index is 0.141. The molecule has 2 saturated heterocycles. The minimum atomic E-state index is 0.141. The maximum atomic E-state index is 12.1. The molecule has 2 aliphatic rings. The Balaban J connectivity index is 1.70. The summed E-state index contributed by atoms with van der Waals surface area (Å²) < 4.78 is 10.7. The molecule has 0 bridgehead atoms. The van der Waals surface area contributed by atoms with E-state index in [1.54, 1.807) is 7.11 Å². The third-order valence-corrected chi connectivity index (χ3v) is 4.76. The first kappa shape index (κ1) is 15.3. The van der Waals surface area contributed by atoms with Gasteiger partial charge in [0.1, 0.15) is 0 Å². The Hall–Kier alpha value is -1.63. The monoisotopic (exact) mass is 308 g/mol. The minimum Gasteiger partial charge on any atom is -0.408 e. The van der Waals surface area contributed by atoms with E-state index < -0.39 is 0 Å². The second kappa shape index (κ2) is 6.24. The summed E-state index contributed by atoms with van der Waals surface area (Å²) in [5, 5.41) is 8.06. The van der Waals surface area contributed by atoms with Gasteiger partial charge in [-0.1, -0.05) is 5.10 Å². The van der Waals surface area contributed by atoms with Gasteiger partial charge < -0.3 is 19.0 Å². The molecule has 0 aliphatic carbocycles. The molecule has 1 atom stereocenters. The second-order valence-electron chi connectivity index (χ2n) is 6.44. The number of carbonyl (C=O) groups is 1. The van der Waals surface area contributed by atoms with Gasteiger partial charge in [-0.2, -0.15) is 0 Å². The molecule has 3 rings (SSSR count). The lowest BCUT2D eigenvalue weighted by atomic mass is 9.73. The number of carbonyl (C=O) groups excluding carboxylic acids is 1. The molecule has 1 aromatic rings. The third-order valence-electron chi connectivity index (χ3n) is 4.76. The number of hydrogen-bond acceptors (Lipinski definition) is 6. The van der Waals surface area contributed by atoms with E-state index in [1.165, 1.54) is 0 Å². The van der Waals surface area contributed by atoms with Crippen molar-refractivity contribution in [3.8, 4) is 0 Å². The highest BCUT2D eigenvalue weighted by Gasteiger charge is 2.42. The third kappa shape index (κ3) is 3.09. The molecule has 2 fully saturated rings. The van der Waals surface area contributed by atoms with Crippen LogP contribution >= 0.6 is 0 Å². The van der Waals surface area contributed by atoms with E-state index in [9.17, 15) is 4.79 Å². The Labute approximate surface area is 130 Å². The van der Waals surface area contributed by atoms with Gasteiger partial charge in [0, 0.05) is 52.0 Å². The van der Waals surface area contributed by atoms with Gasteiger partial charge in [0.2, 0.25) is 11.8 Å². The first-order chi connectivity index (χ1) is 10.6. The highest BCUT2D eigenvalue weighted by Crippen LogP contribution is 2.39. The summed E-state index contributed by atoms with van der Waals surface area (Å²) in [4.78, 5) is 16.2. The lowest BCUT2D eigenvalue weighted by Gasteiger charge is -2.47. The summed E-state index contributed by atoms with van der Waals surface area (Å²) >= 11 is 0. The van der Waals surface area contributed by atoms with Crippen LogP contribution in [0.3, 0.4) is 0 Å². The molecule has 7 nitrogen and oxygen atoms in total. The quantitative estimate of drug-likeness (QED) is 0.833. The largest absolute Gasteiger partial charge is 0.408 e. The summed E-state index contributed by atoms with van der Waals surface area (Å²) in [6.07, 6.45) is 3.81. The predicted octanol–water partition coefficient (Wildman–Crippen LogP) is 1.23. The highest BCUT2D eigenvalue weighted by molar-refractivity contribution is 5.77. The number of rotatable bonds is 4. The van der Waals surface area contributed by atoms with Crippen molar-refractivity contribution in [1.82, 2.24) is 15.1 Å². The number of nitrogens with zero attached hydrogens (tertiary/aromatic N) is 4. The first-order valence-corrected chi connectivity index (χ1v) is 7.94. The number of hydrogen-bond donors (Lipinski definition) is 0. The van der Waals surface area contributed by atoms with Crippen LogP contribution in [0.25, 0.3) is 0 Å². The van der Waals surface area contributed by atoms with Gasteiger partial charge in [-0.3, -0.25) is 4.79 Å². The molecule has 0 N–H and O–H groups in total. The van der Waals surface area contributed by atoms with Crippen LogP contribution in [0, 0.1) is 12.3 Å². The fourth-order valence-corrected chi connectivity index (χ4v) is 3.63. The van der Waals surface area contributed by atoms with Crippen molar-refractivity contribution in [3.63, 3.8) is 0 Å². The topological polar surface area (TPSA) is 71.7 Å². The van der Waals surface area contributed by atoms with E-state index in [4.69, 9.17) is 9.15 Å². The summed E-state index contributed by atoms with van der Waals surface area (Å²) in [6.45, 7) is 5.70. The van der Waals surface area contributed by atoms with E-state index in [0.29, 0.717) is 31.5 Å². The molecule has 1 spiro atoms. The Bertz CT molecular complexity index is 533. The van der Waals surface area contributed by atoms with Crippen LogP contribution in [-0.2, 0) is 9.53 Å². The zero-order chi connectivity index (χ0) is 15.6. The van der Waals surface area contributed by atoms with Crippen molar-refractivity contribution in [2.45, 2.75) is 32.6 Å². The van der Waals surface area contributed by atoms with Crippen molar-refractivity contribution in [2.24, 2.45) is 5.41 Å². The number of aromatic nitrogens is 2. The van der Waals surface area contributed by atoms with Crippen molar-refractivity contribution in [1.29, 1.82) is 0 Å². The molecule has 1 aromatic heterocycles. The Morgan fingerprint density at radius 2 is 2.18 bits per heavy atom. The average Bonchev–Trinajstić information content (AvgIpc) is 2.95. The lowest BCUT2D eigenvalue weighted by molar-refractivity contribution is -0.138. The summed E-state index contributed by atoms with van der Waals surface area (Å²) in [5.74, 6) is 0.837. The first-order valence-electron chi connectivity index (χ1n) is 7.94. The number of methoxy groups -OCH3 is 1. The van der Waals surface area contributed by atoms with Gasteiger partial charge in [-0.15, -0.1) is 5.10 Å². The Morgan fingerprint density at radius 1 is 1.32 bits per heavy atom. The lowest BCUT2D eigenvalue weighted by Crippen LogP contribution is -2.54. The van der Waals surface area contributed by atoms with Crippen LogP contribution in [0.4, 0.5) is 6.01 Å². The van der Waals surface area contributed by atoms with Gasteiger partial charge >= 0.3 is 6.01 Å². The van der Waals surface area contributed by atoms with Gasteiger partial charge in [0.15, 0.2) is 0 Å². The van der Waals surface area contributed by atoms with E-state index in [2.05, 4.69) is 15.1 Å². The maximum absolute atomic E-state index is 12.1. The fourth-order valence-electron chi connectivity index (χ4n) is 3.63. The highest BCUT2D eigenvalue weighted by atomic mass is 16.5. The Kier molecular flexibility index (Phi) is 4.33. The normalized spacial score (nSPS) is 26.0. The van der Waals surface area contributed by atoms with Crippen LogP contribution in [0.2, 0.25) is 0 Å². The number of amides is 1. The van der Waals surface area contributed by atoms with Gasteiger partial charge in [0.25, 0.3) is 0 Å². The summed E-state index contributed by atoms with van der Waals surface area (Å²) in [6, 6.07) is 0.608. The molecule has 0 saturated carbocycles. The van der Waals surface area contributed by atoms with Crippen LogP contribution in [-0.4, -0.2) is 60.9 Å². The Morgan fingerprint density at radius 3 is 2.91 bits per heavy atom. The predicted molar refractivity (Wildman–Crippen MR) is 80.6 cm³/mol. The zero-order valence-corrected chi connectivity index (χ0v) is 13.4. The number of likely N-dealkylation sites (tertiary alicyclic amines) is 1. The van der Waals surface area contributed by atoms with Crippen LogP contribution in [0.5, 0.6) is 0 Å². The van der Waals surface area contributed by atoms with Crippen molar-refractivity contribution < 1.29 is 13.9 Å². The molecular formula is C15H24N4O3. The van der Waals surface area contributed by atoms with Gasteiger partial charge in [-0.25, -0.2) is 0 Å². The number of aryl methyl sites for hydroxylation is 1. The van der Waals surface area contributed by atoms with E-state index in [-0.39, 0.29) is 11.3 Å². The number of anilines is 1. The van der Waals surface area contributed by atoms with E-state index in [0.717, 1.165) is 38.9 Å². The van der Waals surface area contributed by atoms with Gasteiger partial charge in [-0.05, 0) is 19.3 Å². The second-order valence-corrected chi connectivity index (χ2v) is 6.44. The molecule has 0 aromatic carbocycles. The molecule has 1 amide bonds. The van der Waals surface area contributed by atoms with Crippen molar-refractivity contribution >= 4 is 11.9 Å². The molecule has 7 heteroatoms. The smallest absolute Gasteiger partial charge is 0.318 e. The van der Waals surface area contributed by atoms with Crippen LogP contribution in [0.1, 0.15) is 31.6 Å². The zero-order valence-electron chi connectivity index (χ0n) is 13.4. The molecule has 3 heterocycles. The number of ether oxygens (including phenoxy) is 1. The van der Waals surface area contributed by atoms with Gasteiger partial charge in [0.05, 0.1) is 6.61 Å². The van der Waals surface area contributed by atoms with Crippen molar-refractivity contribution in [2.75, 3.05) is 44.8 Å². The SMILES string of the molecule is COCCN1CC2(CCCN(c3nnc(C)o3)C2)CCC1=O. The number of piperidine rings is 2. The maximum Gasteiger partial charge on any atom is 0.318 e. The summed E-state index contributed by atoms with van der Waals surface area (Å²) in [7, 11) is 1.67. The van der Waals surface area contributed by atoms with E-state index in [1.807, 2.05) is 11.8 Å². The van der Waals surface area contributed by atoms with Crippen molar-refractivity contribution in [3.05, 3.63) is 5.89 Å². The molecule has 122 valence electrons. The van der Waals surface area contributed by atoms with Crippen LogP contribution in [0.15, 0.2) is 4.42 Å². The molecule has 2 aliphatic heterocycles. The fraction of sp³-hybridized carbons (Fsp3) is 0.800. The molecule has 22 heavy (non-hydrogen) atoms.